The Kier molecular flexibility index (Phi) is 8.31. The standard InChI is InChI=1S/2C6H7.C2H7Si.2ClH.Hf/c2*1-6-4-2-3-5-6;1-3-2;;;/h2*2,4H,3H2,1H3;3H,1-2H3;2*1H;/q;;;;;+2/p-2. The van der Waals surface area contributed by atoms with Gasteiger partial charge in [-0.3, -0.25) is 0 Å². The number of hydrogen-bond acceptors (Lipinski definition) is 0. The van der Waals surface area contributed by atoms with Gasteiger partial charge in [0, 0.05) is 0 Å². The third-order valence-electron chi connectivity index (χ3n) is 3.56. The zero-order valence-corrected chi connectivity index (χ0v) is 17.8. The van der Waals surface area contributed by atoms with Crippen LogP contribution in [0.2, 0.25) is 13.1 Å². The summed E-state index contributed by atoms with van der Waals surface area (Å²) in [4.78, 5) is 0. The molecule has 0 radical (unpaired) electrons. The maximum atomic E-state index is 2.58. The molecular weight excluding hydrogens is 446 g/mol. The van der Waals surface area contributed by atoms with Gasteiger partial charge in [0.25, 0.3) is 0 Å². The maximum Gasteiger partial charge on any atom is -1.00 e. The van der Waals surface area contributed by atoms with Gasteiger partial charge in [0.05, 0.1) is 0 Å². The molecule has 0 aromatic carbocycles. The van der Waals surface area contributed by atoms with E-state index in [1.165, 1.54) is 12.8 Å². The third kappa shape index (κ3) is 3.81. The van der Waals surface area contributed by atoms with Crippen LogP contribution >= 0.6 is 0 Å². The van der Waals surface area contributed by atoms with E-state index in [0.29, 0.717) is 0 Å². The minimum Gasteiger partial charge on any atom is -1.00 e. The normalized spacial score (nSPS) is 17.4. The molecule has 4 heteroatoms. The smallest absolute Gasteiger partial charge is 1.00 e. The number of halogens is 2. The molecule has 0 saturated carbocycles. The SMILES string of the molecule is CC1=[C]([Hf+2]([C]2=C(C)C=CC2)[SiH](C)C)CC=C1.[Cl-].[Cl-]. The molecule has 0 heterocycles. The van der Waals surface area contributed by atoms with Crippen LogP contribution in [0.15, 0.2) is 42.1 Å². The third-order valence-corrected chi connectivity index (χ3v) is 31.8. The molecule has 0 aromatic heterocycles. The van der Waals surface area contributed by atoms with E-state index in [2.05, 4.69) is 51.2 Å². The van der Waals surface area contributed by atoms with Gasteiger partial charge in [-0.2, -0.15) is 0 Å². The Morgan fingerprint density at radius 1 is 0.889 bits per heavy atom. The fraction of sp³-hybridized carbons (Fsp3) is 0.429. The Bertz CT molecular complexity index is 384. The average molecular weight is 467 g/mol. The van der Waals surface area contributed by atoms with E-state index in [4.69, 9.17) is 0 Å². The summed E-state index contributed by atoms with van der Waals surface area (Å²) in [6.07, 6.45) is 12.0. The molecule has 0 amide bonds. The summed E-state index contributed by atoms with van der Waals surface area (Å²) in [5, 5.41) is 0. The van der Waals surface area contributed by atoms with Gasteiger partial charge in [-0.25, -0.2) is 0 Å². The fourth-order valence-electron chi connectivity index (χ4n) is 2.75. The van der Waals surface area contributed by atoms with Crippen LogP contribution in [0.4, 0.5) is 0 Å². The predicted octanol–water partition coefficient (Wildman–Crippen LogP) is -1.94. The number of hydrogen-bond donors (Lipinski definition) is 0. The molecule has 0 atom stereocenters. The van der Waals surface area contributed by atoms with Crippen molar-refractivity contribution in [2.45, 2.75) is 39.8 Å². The Labute approximate surface area is 132 Å². The van der Waals surface area contributed by atoms with Gasteiger partial charge in [-0.15, -0.1) is 0 Å². The van der Waals surface area contributed by atoms with Crippen molar-refractivity contribution in [3.8, 4) is 0 Å². The van der Waals surface area contributed by atoms with E-state index in [9.17, 15) is 0 Å². The van der Waals surface area contributed by atoms with Crippen molar-refractivity contribution in [2.24, 2.45) is 0 Å². The second kappa shape index (κ2) is 8.03. The molecule has 2 rings (SSSR count). The Morgan fingerprint density at radius 2 is 1.28 bits per heavy atom. The molecule has 0 spiro atoms. The second-order valence-electron chi connectivity index (χ2n) is 5.10. The summed E-state index contributed by atoms with van der Waals surface area (Å²) >= 11 is -1.58. The van der Waals surface area contributed by atoms with Crippen molar-refractivity contribution in [1.82, 2.24) is 0 Å². The van der Waals surface area contributed by atoms with Crippen LogP contribution in [0.25, 0.3) is 0 Å². The topological polar surface area (TPSA) is 0 Å². The molecular formula is C14H21Cl2HfSi. The van der Waals surface area contributed by atoms with Gasteiger partial charge in [0.15, 0.2) is 0 Å². The maximum absolute atomic E-state index is 2.58. The van der Waals surface area contributed by atoms with Gasteiger partial charge in [0.1, 0.15) is 0 Å². The molecule has 0 N–H and O–H groups in total. The fourth-order valence-corrected chi connectivity index (χ4v) is 32.2. The zero-order chi connectivity index (χ0) is 11.7. The first kappa shape index (κ1) is 18.6. The Morgan fingerprint density at radius 3 is 1.50 bits per heavy atom. The van der Waals surface area contributed by atoms with Crippen LogP contribution < -0.4 is 24.8 Å². The predicted molar refractivity (Wildman–Crippen MR) is 71.8 cm³/mol. The first-order chi connectivity index (χ1) is 7.61. The van der Waals surface area contributed by atoms with Gasteiger partial charge < -0.3 is 24.8 Å². The Hall–Kier alpha value is 0.627. The number of allylic oxidation sites excluding steroid dienone is 8. The van der Waals surface area contributed by atoms with E-state index in [1.807, 2.05) is 6.66 Å². The summed E-state index contributed by atoms with van der Waals surface area (Å²) < 4.78 is 3.84. The van der Waals surface area contributed by atoms with Gasteiger partial charge in [0.2, 0.25) is 0 Å². The molecule has 0 aromatic rings. The summed E-state index contributed by atoms with van der Waals surface area (Å²) in [7, 11) is 0. The van der Waals surface area contributed by atoms with Crippen molar-refractivity contribution in [2.75, 3.05) is 0 Å². The molecule has 0 nitrogen and oxygen atoms in total. The van der Waals surface area contributed by atoms with Crippen LogP contribution in [-0.2, 0) is 20.6 Å². The molecule has 0 aliphatic heterocycles. The van der Waals surface area contributed by atoms with Crippen molar-refractivity contribution < 1.29 is 45.4 Å². The monoisotopic (exact) mass is 467 g/mol. The minimum absolute atomic E-state index is 0. The molecule has 0 saturated heterocycles. The average Bonchev–Trinajstić information content (AvgIpc) is 2.79. The zero-order valence-electron chi connectivity index (χ0n) is 11.6. The molecule has 18 heavy (non-hydrogen) atoms. The van der Waals surface area contributed by atoms with E-state index < -0.39 is 26.6 Å². The van der Waals surface area contributed by atoms with Gasteiger partial charge in [-0.1, -0.05) is 0 Å². The molecule has 0 unspecified atom stereocenters. The molecule has 99 valence electrons. The largest absolute Gasteiger partial charge is 1.00 e. The van der Waals surface area contributed by atoms with Crippen LogP contribution in [0.3, 0.4) is 0 Å². The minimum atomic E-state index is -1.58. The van der Waals surface area contributed by atoms with Crippen molar-refractivity contribution in [1.29, 1.82) is 0 Å². The molecule has 0 bridgehead atoms. The summed E-state index contributed by atoms with van der Waals surface area (Å²) in [6.45, 7) is 9.83. The summed E-state index contributed by atoms with van der Waals surface area (Å²) in [5.41, 5.74) is 3.24. The molecule has 2 aliphatic rings. The van der Waals surface area contributed by atoms with Crippen LogP contribution in [-0.4, -0.2) is 5.98 Å². The first-order valence-corrected chi connectivity index (χ1v) is 18.9. The molecule has 2 aliphatic carbocycles. The first-order valence-electron chi connectivity index (χ1n) is 6.21. The van der Waals surface area contributed by atoms with Crippen molar-refractivity contribution in [3.05, 3.63) is 42.1 Å². The van der Waals surface area contributed by atoms with E-state index in [0.717, 1.165) is 0 Å². The molecule has 0 fully saturated rings. The Balaban J connectivity index is 0.00000144. The number of rotatable bonds is 3. The van der Waals surface area contributed by atoms with Crippen LogP contribution in [0.5, 0.6) is 0 Å². The summed E-state index contributed by atoms with van der Waals surface area (Å²) in [5.74, 6) is -0.452. The van der Waals surface area contributed by atoms with Crippen LogP contribution in [0, 0.1) is 0 Å². The second-order valence-corrected chi connectivity index (χ2v) is 31.9. The van der Waals surface area contributed by atoms with E-state index in [1.54, 1.807) is 11.1 Å². The van der Waals surface area contributed by atoms with Gasteiger partial charge in [-0.05, 0) is 0 Å². The quantitative estimate of drug-likeness (QED) is 0.425. The van der Waals surface area contributed by atoms with E-state index in [-0.39, 0.29) is 24.8 Å². The van der Waals surface area contributed by atoms with Crippen molar-refractivity contribution >= 4 is 5.98 Å². The van der Waals surface area contributed by atoms with Gasteiger partial charge >= 0.3 is 108 Å². The summed E-state index contributed by atoms with van der Waals surface area (Å²) in [6, 6.07) is 0. The van der Waals surface area contributed by atoms with Crippen LogP contribution in [0.1, 0.15) is 26.7 Å². The van der Waals surface area contributed by atoms with Crippen molar-refractivity contribution in [3.63, 3.8) is 0 Å². The van der Waals surface area contributed by atoms with E-state index >= 15 is 0 Å².